The van der Waals surface area contributed by atoms with E-state index in [4.69, 9.17) is 10.5 Å². The minimum Gasteiger partial charge on any atom is -0.373 e. The zero-order chi connectivity index (χ0) is 13.3. The Morgan fingerprint density at radius 1 is 1.11 bits per heavy atom. The van der Waals surface area contributed by atoms with E-state index in [2.05, 4.69) is 17.9 Å². The molecule has 0 radical (unpaired) electrons. The van der Waals surface area contributed by atoms with Gasteiger partial charge in [0.2, 0.25) is 0 Å². The normalized spacial score (nSPS) is 16.5. The highest BCUT2D eigenvalue weighted by molar-refractivity contribution is 5.41. The van der Waals surface area contributed by atoms with Crippen molar-refractivity contribution in [2.24, 2.45) is 5.73 Å². The first-order chi connectivity index (χ1) is 9.40. The van der Waals surface area contributed by atoms with Crippen LogP contribution in [0.5, 0.6) is 0 Å². The standard InChI is InChI=1S/C17H23NO/c18-13-7-10-15-8-5-6-9-16(15)14-19-17-11-3-1-2-4-12-17/h5-6,8-9,17H,1-4,11-14,18H2. The second-order valence-corrected chi connectivity index (χ2v) is 5.09. The van der Waals surface area contributed by atoms with Crippen LogP contribution in [0, 0.1) is 11.8 Å². The Morgan fingerprint density at radius 2 is 1.84 bits per heavy atom. The average Bonchev–Trinajstić information content (AvgIpc) is 2.72. The van der Waals surface area contributed by atoms with Crippen molar-refractivity contribution in [2.75, 3.05) is 6.54 Å². The molecular formula is C17H23NO. The third-order valence-corrected chi connectivity index (χ3v) is 3.62. The zero-order valence-electron chi connectivity index (χ0n) is 11.5. The van der Waals surface area contributed by atoms with Gasteiger partial charge in [0.25, 0.3) is 0 Å². The summed E-state index contributed by atoms with van der Waals surface area (Å²) >= 11 is 0. The Balaban J connectivity index is 1.94. The summed E-state index contributed by atoms with van der Waals surface area (Å²) in [6.07, 6.45) is 8.17. The summed E-state index contributed by atoms with van der Waals surface area (Å²) in [5, 5.41) is 0. The van der Waals surface area contributed by atoms with Crippen LogP contribution < -0.4 is 5.73 Å². The van der Waals surface area contributed by atoms with Crippen LogP contribution in [0.2, 0.25) is 0 Å². The Morgan fingerprint density at radius 3 is 2.58 bits per heavy atom. The molecule has 2 nitrogen and oxygen atoms in total. The fourth-order valence-electron chi connectivity index (χ4n) is 2.53. The molecule has 1 aliphatic carbocycles. The number of ether oxygens (including phenoxy) is 1. The van der Waals surface area contributed by atoms with Crippen molar-refractivity contribution in [2.45, 2.75) is 51.2 Å². The van der Waals surface area contributed by atoms with Gasteiger partial charge in [-0.1, -0.05) is 55.7 Å². The van der Waals surface area contributed by atoms with Gasteiger partial charge in [-0.3, -0.25) is 0 Å². The molecule has 2 rings (SSSR count). The van der Waals surface area contributed by atoms with Gasteiger partial charge >= 0.3 is 0 Å². The molecule has 0 atom stereocenters. The van der Waals surface area contributed by atoms with E-state index >= 15 is 0 Å². The summed E-state index contributed by atoms with van der Waals surface area (Å²) in [4.78, 5) is 0. The number of rotatable bonds is 3. The SMILES string of the molecule is NCC#Cc1ccccc1COC1CCCCCC1. The van der Waals surface area contributed by atoms with Gasteiger partial charge in [-0.2, -0.15) is 0 Å². The van der Waals surface area contributed by atoms with E-state index in [1.54, 1.807) is 0 Å². The summed E-state index contributed by atoms with van der Waals surface area (Å²) in [7, 11) is 0. The molecule has 1 aliphatic rings. The summed E-state index contributed by atoms with van der Waals surface area (Å²) in [6, 6.07) is 8.18. The van der Waals surface area contributed by atoms with E-state index < -0.39 is 0 Å². The van der Waals surface area contributed by atoms with Gasteiger partial charge in [0.1, 0.15) is 0 Å². The van der Waals surface area contributed by atoms with Crippen LogP contribution in [0.15, 0.2) is 24.3 Å². The fourth-order valence-corrected chi connectivity index (χ4v) is 2.53. The second kappa shape index (κ2) is 7.99. The Kier molecular flexibility index (Phi) is 5.94. The van der Waals surface area contributed by atoms with Crippen molar-refractivity contribution < 1.29 is 4.74 Å². The predicted molar refractivity (Wildman–Crippen MR) is 78.7 cm³/mol. The summed E-state index contributed by atoms with van der Waals surface area (Å²) in [5.74, 6) is 6.03. The maximum absolute atomic E-state index is 6.07. The molecule has 1 saturated carbocycles. The van der Waals surface area contributed by atoms with Gasteiger partial charge in [0.15, 0.2) is 0 Å². The van der Waals surface area contributed by atoms with E-state index in [9.17, 15) is 0 Å². The summed E-state index contributed by atoms with van der Waals surface area (Å²) in [6.45, 7) is 1.07. The van der Waals surface area contributed by atoms with E-state index in [0.29, 0.717) is 19.3 Å². The molecule has 19 heavy (non-hydrogen) atoms. The average molecular weight is 257 g/mol. The molecule has 1 fully saturated rings. The lowest BCUT2D eigenvalue weighted by Gasteiger charge is -2.16. The molecule has 0 unspecified atom stereocenters. The van der Waals surface area contributed by atoms with Gasteiger partial charge in [-0.15, -0.1) is 0 Å². The molecule has 0 heterocycles. The number of nitrogens with two attached hydrogens (primary N) is 1. The quantitative estimate of drug-likeness (QED) is 0.666. The van der Waals surface area contributed by atoms with Crippen LogP contribution >= 0.6 is 0 Å². The Bertz CT molecular complexity index is 436. The molecule has 0 bridgehead atoms. The molecular weight excluding hydrogens is 234 g/mol. The van der Waals surface area contributed by atoms with Crippen molar-refractivity contribution in [3.63, 3.8) is 0 Å². The van der Waals surface area contributed by atoms with Gasteiger partial charge in [-0.25, -0.2) is 0 Å². The van der Waals surface area contributed by atoms with Crippen molar-refractivity contribution in [1.82, 2.24) is 0 Å². The second-order valence-electron chi connectivity index (χ2n) is 5.09. The Hall–Kier alpha value is -1.30. The Labute approximate surface area is 116 Å². The predicted octanol–water partition coefficient (Wildman–Crippen LogP) is 3.24. The van der Waals surface area contributed by atoms with Gasteiger partial charge in [0.05, 0.1) is 19.3 Å². The third kappa shape index (κ3) is 4.70. The molecule has 102 valence electrons. The lowest BCUT2D eigenvalue weighted by atomic mass is 10.1. The van der Waals surface area contributed by atoms with E-state index in [1.807, 2.05) is 18.2 Å². The summed E-state index contributed by atoms with van der Waals surface area (Å²) < 4.78 is 6.07. The van der Waals surface area contributed by atoms with Gasteiger partial charge in [-0.05, 0) is 24.5 Å². The highest BCUT2D eigenvalue weighted by Gasteiger charge is 2.13. The van der Waals surface area contributed by atoms with Crippen LogP contribution in [0.3, 0.4) is 0 Å². The summed E-state index contributed by atoms with van der Waals surface area (Å²) in [5.41, 5.74) is 7.65. The highest BCUT2D eigenvalue weighted by atomic mass is 16.5. The van der Waals surface area contributed by atoms with Gasteiger partial charge < -0.3 is 10.5 Å². The molecule has 1 aromatic carbocycles. The molecule has 0 aliphatic heterocycles. The van der Waals surface area contributed by atoms with Crippen molar-refractivity contribution in [3.8, 4) is 11.8 Å². The molecule has 0 saturated heterocycles. The molecule has 2 heteroatoms. The minimum atomic E-state index is 0.401. The van der Waals surface area contributed by atoms with Crippen LogP contribution in [0.1, 0.15) is 49.7 Å². The number of benzene rings is 1. The number of hydrogen-bond donors (Lipinski definition) is 1. The maximum atomic E-state index is 6.07. The van der Waals surface area contributed by atoms with Crippen LogP contribution in [0.25, 0.3) is 0 Å². The molecule has 0 amide bonds. The largest absolute Gasteiger partial charge is 0.373 e. The smallest absolute Gasteiger partial charge is 0.0732 e. The highest BCUT2D eigenvalue weighted by Crippen LogP contribution is 2.21. The fraction of sp³-hybridized carbons (Fsp3) is 0.529. The number of hydrogen-bond acceptors (Lipinski definition) is 2. The first kappa shape index (κ1) is 14.1. The monoisotopic (exact) mass is 257 g/mol. The lowest BCUT2D eigenvalue weighted by molar-refractivity contribution is 0.0309. The third-order valence-electron chi connectivity index (χ3n) is 3.62. The molecule has 0 spiro atoms. The van der Waals surface area contributed by atoms with Crippen LogP contribution in [-0.2, 0) is 11.3 Å². The zero-order valence-corrected chi connectivity index (χ0v) is 11.5. The first-order valence-electron chi connectivity index (χ1n) is 7.28. The van der Waals surface area contributed by atoms with Crippen molar-refractivity contribution in [1.29, 1.82) is 0 Å². The minimum absolute atomic E-state index is 0.401. The van der Waals surface area contributed by atoms with Crippen molar-refractivity contribution >= 4 is 0 Å². The molecule has 2 N–H and O–H groups in total. The first-order valence-corrected chi connectivity index (χ1v) is 7.28. The van der Waals surface area contributed by atoms with E-state index in [-0.39, 0.29) is 0 Å². The topological polar surface area (TPSA) is 35.2 Å². The lowest BCUT2D eigenvalue weighted by Crippen LogP contribution is -2.11. The van der Waals surface area contributed by atoms with E-state index in [0.717, 1.165) is 5.56 Å². The van der Waals surface area contributed by atoms with Crippen molar-refractivity contribution in [3.05, 3.63) is 35.4 Å². The van der Waals surface area contributed by atoms with Crippen LogP contribution in [0.4, 0.5) is 0 Å². The molecule has 1 aromatic rings. The van der Waals surface area contributed by atoms with Gasteiger partial charge in [0, 0.05) is 5.56 Å². The van der Waals surface area contributed by atoms with E-state index in [1.165, 1.54) is 44.1 Å². The van der Waals surface area contributed by atoms with Crippen LogP contribution in [-0.4, -0.2) is 12.6 Å². The maximum Gasteiger partial charge on any atom is 0.0732 e. The molecule has 0 aromatic heterocycles.